The number of pyridine rings is 2. The third kappa shape index (κ3) is 5.59. The molecule has 0 unspecified atom stereocenters. The Hall–Kier alpha value is -1.78. The van der Waals surface area contributed by atoms with Gasteiger partial charge in [0, 0.05) is 37.9 Å². The molecule has 2 aromatic rings. The zero-order chi connectivity index (χ0) is 13.2. The van der Waals surface area contributed by atoms with Crippen LogP contribution in [0.4, 0.5) is 0 Å². The van der Waals surface area contributed by atoms with Crippen molar-refractivity contribution >= 4 is 0 Å². The third-order valence-corrected chi connectivity index (χ3v) is 2.86. The van der Waals surface area contributed by atoms with Gasteiger partial charge in [-0.2, -0.15) is 0 Å². The first-order valence-corrected chi connectivity index (χ1v) is 6.64. The molecule has 0 bridgehead atoms. The maximum Gasteiger partial charge on any atom is 0.0271 e. The topological polar surface area (TPSA) is 49.8 Å². The van der Waals surface area contributed by atoms with Crippen LogP contribution in [0.5, 0.6) is 0 Å². The summed E-state index contributed by atoms with van der Waals surface area (Å²) in [6.45, 7) is 3.86. The van der Waals surface area contributed by atoms with Crippen molar-refractivity contribution in [3.8, 4) is 0 Å². The number of rotatable bonds is 8. The Bertz CT molecular complexity index is 401. The van der Waals surface area contributed by atoms with Gasteiger partial charge >= 0.3 is 0 Å². The average molecular weight is 256 g/mol. The minimum atomic E-state index is 0.910. The fraction of sp³-hybridized carbons (Fsp3) is 0.333. The van der Waals surface area contributed by atoms with E-state index in [4.69, 9.17) is 0 Å². The van der Waals surface area contributed by atoms with Crippen LogP contribution in [0.1, 0.15) is 17.5 Å². The minimum Gasteiger partial charge on any atom is -0.313 e. The van der Waals surface area contributed by atoms with Crippen molar-refractivity contribution in [2.24, 2.45) is 0 Å². The van der Waals surface area contributed by atoms with Crippen LogP contribution in [-0.2, 0) is 13.1 Å². The fourth-order valence-corrected chi connectivity index (χ4v) is 1.81. The largest absolute Gasteiger partial charge is 0.313 e. The second-order valence-corrected chi connectivity index (χ2v) is 4.42. The van der Waals surface area contributed by atoms with E-state index in [1.807, 2.05) is 49.1 Å². The number of nitrogens with zero attached hydrogens (tertiary/aromatic N) is 2. The highest BCUT2D eigenvalue weighted by atomic mass is 14.9. The Morgan fingerprint density at radius 2 is 1.11 bits per heavy atom. The predicted molar refractivity (Wildman–Crippen MR) is 76.5 cm³/mol. The molecule has 2 rings (SSSR count). The molecule has 2 aromatic heterocycles. The van der Waals surface area contributed by atoms with Crippen LogP contribution in [-0.4, -0.2) is 23.1 Å². The van der Waals surface area contributed by atoms with E-state index in [0.717, 1.165) is 32.6 Å². The molecule has 19 heavy (non-hydrogen) atoms. The summed E-state index contributed by atoms with van der Waals surface area (Å²) >= 11 is 0. The van der Waals surface area contributed by atoms with Crippen molar-refractivity contribution in [3.63, 3.8) is 0 Å². The van der Waals surface area contributed by atoms with E-state index in [0.29, 0.717) is 0 Å². The quantitative estimate of drug-likeness (QED) is 0.706. The molecule has 0 saturated carbocycles. The van der Waals surface area contributed by atoms with Gasteiger partial charge in [-0.05, 0) is 54.9 Å². The summed E-state index contributed by atoms with van der Waals surface area (Å²) in [5, 5.41) is 6.85. The molecule has 0 aliphatic carbocycles. The van der Waals surface area contributed by atoms with E-state index in [1.54, 1.807) is 0 Å². The summed E-state index contributed by atoms with van der Waals surface area (Å²) in [6.07, 6.45) is 8.43. The SMILES string of the molecule is c1cc(CNCCCNCc2ccncc2)ccn1. The highest BCUT2D eigenvalue weighted by Gasteiger charge is 1.93. The molecule has 0 aliphatic heterocycles. The molecular formula is C15H20N4. The van der Waals surface area contributed by atoms with Crippen LogP contribution < -0.4 is 10.6 Å². The van der Waals surface area contributed by atoms with E-state index in [1.165, 1.54) is 11.1 Å². The fourth-order valence-electron chi connectivity index (χ4n) is 1.81. The molecule has 4 heteroatoms. The summed E-state index contributed by atoms with van der Waals surface area (Å²) in [5.74, 6) is 0. The summed E-state index contributed by atoms with van der Waals surface area (Å²) in [4.78, 5) is 8.00. The standard InChI is InChI=1S/C15H20N4/c1(6-18-12-14-2-8-16-9-3-14)7-19-13-15-4-10-17-11-5-15/h2-5,8-11,18-19H,1,6-7,12-13H2. The maximum absolute atomic E-state index is 4.00. The van der Waals surface area contributed by atoms with Crippen molar-refractivity contribution < 1.29 is 0 Å². The van der Waals surface area contributed by atoms with Gasteiger partial charge in [-0.25, -0.2) is 0 Å². The molecule has 4 nitrogen and oxygen atoms in total. The zero-order valence-electron chi connectivity index (χ0n) is 11.0. The molecule has 0 atom stereocenters. The maximum atomic E-state index is 4.00. The van der Waals surface area contributed by atoms with E-state index in [9.17, 15) is 0 Å². The Balaban J connectivity index is 1.49. The summed E-state index contributed by atoms with van der Waals surface area (Å²) in [7, 11) is 0. The first-order chi connectivity index (χ1) is 9.45. The summed E-state index contributed by atoms with van der Waals surface area (Å²) in [6, 6.07) is 8.15. The van der Waals surface area contributed by atoms with Gasteiger partial charge in [0.25, 0.3) is 0 Å². The van der Waals surface area contributed by atoms with Crippen LogP contribution in [0.15, 0.2) is 49.1 Å². The highest BCUT2D eigenvalue weighted by molar-refractivity contribution is 5.09. The number of hydrogen-bond acceptors (Lipinski definition) is 4. The molecule has 0 aromatic carbocycles. The molecule has 100 valence electrons. The van der Waals surface area contributed by atoms with Gasteiger partial charge in [0.2, 0.25) is 0 Å². The van der Waals surface area contributed by atoms with Gasteiger partial charge in [0.1, 0.15) is 0 Å². The summed E-state index contributed by atoms with van der Waals surface area (Å²) in [5.41, 5.74) is 2.56. The van der Waals surface area contributed by atoms with Crippen molar-refractivity contribution in [3.05, 3.63) is 60.2 Å². The Morgan fingerprint density at radius 3 is 1.53 bits per heavy atom. The smallest absolute Gasteiger partial charge is 0.0271 e. The Kier molecular flexibility index (Phi) is 5.99. The lowest BCUT2D eigenvalue weighted by Crippen LogP contribution is -2.21. The van der Waals surface area contributed by atoms with E-state index in [2.05, 4.69) is 20.6 Å². The first kappa shape index (κ1) is 13.6. The predicted octanol–water partition coefficient (Wildman–Crippen LogP) is 1.75. The molecule has 0 fully saturated rings. The average Bonchev–Trinajstić information content (AvgIpc) is 2.48. The van der Waals surface area contributed by atoms with Gasteiger partial charge in [-0.3, -0.25) is 9.97 Å². The molecule has 2 heterocycles. The number of nitrogens with one attached hydrogen (secondary N) is 2. The molecular weight excluding hydrogens is 236 g/mol. The van der Waals surface area contributed by atoms with E-state index >= 15 is 0 Å². The van der Waals surface area contributed by atoms with Crippen molar-refractivity contribution in [1.29, 1.82) is 0 Å². The zero-order valence-corrected chi connectivity index (χ0v) is 11.0. The number of aromatic nitrogens is 2. The summed E-state index contributed by atoms with van der Waals surface area (Å²) < 4.78 is 0. The van der Waals surface area contributed by atoms with Gasteiger partial charge in [0.05, 0.1) is 0 Å². The second kappa shape index (κ2) is 8.34. The van der Waals surface area contributed by atoms with Crippen molar-refractivity contribution in [1.82, 2.24) is 20.6 Å². The van der Waals surface area contributed by atoms with Crippen LogP contribution in [0.3, 0.4) is 0 Å². The van der Waals surface area contributed by atoms with Crippen molar-refractivity contribution in [2.75, 3.05) is 13.1 Å². The molecule has 0 radical (unpaired) electrons. The van der Waals surface area contributed by atoms with E-state index < -0.39 is 0 Å². The first-order valence-electron chi connectivity index (χ1n) is 6.64. The minimum absolute atomic E-state index is 0.910. The third-order valence-electron chi connectivity index (χ3n) is 2.86. The lowest BCUT2D eigenvalue weighted by Gasteiger charge is -2.06. The van der Waals surface area contributed by atoms with Crippen LogP contribution >= 0.6 is 0 Å². The van der Waals surface area contributed by atoms with Crippen LogP contribution in [0, 0.1) is 0 Å². The Morgan fingerprint density at radius 1 is 0.684 bits per heavy atom. The van der Waals surface area contributed by atoms with Gasteiger partial charge in [-0.15, -0.1) is 0 Å². The normalized spacial score (nSPS) is 10.5. The lowest BCUT2D eigenvalue weighted by molar-refractivity contribution is 0.595. The van der Waals surface area contributed by atoms with Gasteiger partial charge < -0.3 is 10.6 Å². The molecule has 0 amide bonds. The highest BCUT2D eigenvalue weighted by Crippen LogP contribution is 1.95. The van der Waals surface area contributed by atoms with Gasteiger partial charge in [-0.1, -0.05) is 0 Å². The second-order valence-electron chi connectivity index (χ2n) is 4.42. The number of hydrogen-bond donors (Lipinski definition) is 2. The van der Waals surface area contributed by atoms with E-state index in [-0.39, 0.29) is 0 Å². The van der Waals surface area contributed by atoms with Crippen molar-refractivity contribution in [2.45, 2.75) is 19.5 Å². The van der Waals surface area contributed by atoms with Crippen LogP contribution in [0.25, 0.3) is 0 Å². The molecule has 0 saturated heterocycles. The molecule has 2 N–H and O–H groups in total. The monoisotopic (exact) mass is 256 g/mol. The van der Waals surface area contributed by atoms with Crippen LogP contribution in [0.2, 0.25) is 0 Å². The molecule has 0 aliphatic rings. The van der Waals surface area contributed by atoms with Gasteiger partial charge in [0.15, 0.2) is 0 Å². The lowest BCUT2D eigenvalue weighted by atomic mass is 10.2. The Labute approximate surface area is 114 Å². The molecule has 0 spiro atoms.